The highest BCUT2D eigenvalue weighted by Crippen LogP contribution is 2.29. The number of carbonyl (C=O) groups is 1. The first kappa shape index (κ1) is 16.6. The van der Waals surface area contributed by atoms with Gasteiger partial charge in [0.15, 0.2) is 0 Å². The van der Waals surface area contributed by atoms with Crippen LogP contribution in [0.5, 0.6) is 5.75 Å². The van der Waals surface area contributed by atoms with Gasteiger partial charge in [0, 0.05) is 18.6 Å². The van der Waals surface area contributed by atoms with Crippen LogP contribution in [-0.2, 0) is 16.7 Å². The Morgan fingerprint density at radius 1 is 1.41 bits per heavy atom. The fourth-order valence-electron chi connectivity index (χ4n) is 2.15. The van der Waals surface area contributed by atoms with Crippen LogP contribution in [0.1, 0.15) is 32.3 Å². The number of hydrogen-bond donors (Lipinski definition) is 1. The quantitative estimate of drug-likeness (QED) is 0.812. The van der Waals surface area contributed by atoms with Crippen LogP contribution >= 0.6 is 0 Å². The molecule has 1 N–H and O–H groups in total. The average Bonchev–Trinajstić information content (AvgIpc) is 3.17. The van der Waals surface area contributed by atoms with Crippen molar-refractivity contribution in [1.82, 2.24) is 10.2 Å². The Bertz CT molecular complexity index is 639. The van der Waals surface area contributed by atoms with Gasteiger partial charge in [-0.2, -0.15) is 8.42 Å². The highest BCUT2D eigenvalue weighted by molar-refractivity contribution is 7.86. The molecule has 1 aliphatic rings. The first-order chi connectivity index (χ1) is 10.2. The second-order valence-electron chi connectivity index (χ2n) is 5.90. The minimum atomic E-state index is -3.55. The van der Waals surface area contributed by atoms with E-state index >= 15 is 0 Å². The van der Waals surface area contributed by atoms with Gasteiger partial charge in [0.2, 0.25) is 0 Å². The lowest BCUT2D eigenvalue weighted by molar-refractivity contribution is 0.189. The maximum absolute atomic E-state index is 12.2. The van der Waals surface area contributed by atoms with E-state index in [0.717, 1.165) is 24.7 Å². The van der Waals surface area contributed by atoms with Gasteiger partial charge in [-0.25, -0.2) is 4.79 Å². The molecule has 0 unspecified atom stereocenters. The fraction of sp³-hybridized carbons (Fsp3) is 0.533. The molecule has 0 bridgehead atoms. The number of nitrogens with one attached hydrogen (secondary N) is 1. The van der Waals surface area contributed by atoms with Crippen molar-refractivity contribution < 1.29 is 17.4 Å². The van der Waals surface area contributed by atoms with Crippen molar-refractivity contribution in [1.29, 1.82) is 0 Å². The summed E-state index contributed by atoms with van der Waals surface area (Å²) in [6.07, 6.45) is 3.02. The summed E-state index contributed by atoms with van der Waals surface area (Å²) in [7, 11) is -3.55. The highest BCUT2D eigenvalue weighted by atomic mass is 32.2. The molecule has 0 saturated heterocycles. The molecule has 22 heavy (non-hydrogen) atoms. The van der Waals surface area contributed by atoms with Gasteiger partial charge in [-0.3, -0.25) is 0 Å². The number of carbonyl (C=O) groups excluding carboxylic acids is 1. The fourth-order valence-corrected chi connectivity index (χ4v) is 2.60. The average molecular weight is 326 g/mol. The van der Waals surface area contributed by atoms with Crippen LogP contribution in [0.2, 0.25) is 0 Å². The van der Waals surface area contributed by atoms with Crippen LogP contribution in [0, 0.1) is 0 Å². The molecule has 1 fully saturated rings. The molecule has 2 rings (SSSR count). The van der Waals surface area contributed by atoms with E-state index in [1.54, 1.807) is 23.1 Å². The summed E-state index contributed by atoms with van der Waals surface area (Å²) in [6, 6.07) is 7.06. The predicted octanol–water partition coefficient (Wildman–Crippen LogP) is 2.11. The number of rotatable bonds is 6. The van der Waals surface area contributed by atoms with Crippen LogP contribution in [0.25, 0.3) is 0 Å². The Kier molecular flexibility index (Phi) is 4.95. The maximum atomic E-state index is 12.2. The summed E-state index contributed by atoms with van der Waals surface area (Å²) < 4.78 is 27.2. The molecule has 1 aromatic rings. The topological polar surface area (TPSA) is 75.7 Å². The van der Waals surface area contributed by atoms with Gasteiger partial charge >= 0.3 is 16.1 Å². The molecule has 6 nitrogen and oxygen atoms in total. The van der Waals surface area contributed by atoms with E-state index in [9.17, 15) is 13.2 Å². The third kappa shape index (κ3) is 5.22. The number of benzene rings is 1. The monoisotopic (exact) mass is 326 g/mol. The van der Waals surface area contributed by atoms with E-state index in [2.05, 4.69) is 5.32 Å². The number of amides is 2. The van der Waals surface area contributed by atoms with Crippen molar-refractivity contribution >= 4 is 16.1 Å². The Hall–Kier alpha value is -1.76. The van der Waals surface area contributed by atoms with E-state index in [4.69, 9.17) is 4.18 Å². The predicted molar refractivity (Wildman–Crippen MR) is 84.1 cm³/mol. The molecule has 0 aromatic heterocycles. The molecule has 1 aliphatic carbocycles. The van der Waals surface area contributed by atoms with E-state index in [1.807, 2.05) is 19.9 Å². The van der Waals surface area contributed by atoms with E-state index in [1.165, 1.54) is 0 Å². The largest absolute Gasteiger partial charge is 0.383 e. The summed E-state index contributed by atoms with van der Waals surface area (Å²) in [5, 5.41) is 2.90. The van der Waals surface area contributed by atoms with Gasteiger partial charge in [0.25, 0.3) is 0 Å². The summed E-state index contributed by atoms with van der Waals surface area (Å²) in [6.45, 7) is 4.28. The zero-order chi connectivity index (χ0) is 16.3. The SMILES string of the molecule is CC(C)NC(=O)N(Cc1cccc(OS(C)(=O)=O)c1)C1CC1. The number of urea groups is 1. The summed E-state index contributed by atoms with van der Waals surface area (Å²) in [4.78, 5) is 14.0. The zero-order valence-electron chi connectivity index (χ0n) is 13.1. The molecule has 0 aliphatic heterocycles. The smallest absolute Gasteiger partial charge is 0.318 e. The third-order valence-corrected chi connectivity index (χ3v) is 3.65. The van der Waals surface area contributed by atoms with Gasteiger partial charge < -0.3 is 14.4 Å². The van der Waals surface area contributed by atoms with Crippen LogP contribution in [0.3, 0.4) is 0 Å². The van der Waals surface area contributed by atoms with Crippen molar-refractivity contribution in [3.8, 4) is 5.75 Å². The lowest BCUT2D eigenvalue weighted by atomic mass is 10.2. The number of hydrogen-bond acceptors (Lipinski definition) is 4. The van der Waals surface area contributed by atoms with Crippen molar-refractivity contribution in [3.63, 3.8) is 0 Å². The Morgan fingerprint density at radius 2 is 2.09 bits per heavy atom. The van der Waals surface area contributed by atoms with E-state index in [0.29, 0.717) is 6.54 Å². The van der Waals surface area contributed by atoms with Gasteiger partial charge in [-0.15, -0.1) is 0 Å². The minimum absolute atomic E-state index is 0.0775. The Morgan fingerprint density at radius 3 is 2.64 bits per heavy atom. The minimum Gasteiger partial charge on any atom is -0.383 e. The van der Waals surface area contributed by atoms with Crippen molar-refractivity contribution in [2.75, 3.05) is 6.26 Å². The van der Waals surface area contributed by atoms with Crippen molar-refractivity contribution in [2.24, 2.45) is 0 Å². The molecule has 122 valence electrons. The van der Waals surface area contributed by atoms with Crippen molar-refractivity contribution in [3.05, 3.63) is 29.8 Å². The normalized spacial score (nSPS) is 14.7. The molecule has 7 heteroatoms. The molecule has 2 amide bonds. The molecule has 0 spiro atoms. The highest BCUT2D eigenvalue weighted by Gasteiger charge is 2.32. The maximum Gasteiger partial charge on any atom is 0.318 e. The summed E-state index contributed by atoms with van der Waals surface area (Å²) in [5.74, 6) is 0.264. The number of nitrogens with zero attached hydrogens (tertiary/aromatic N) is 1. The molecule has 1 aromatic carbocycles. The second-order valence-corrected chi connectivity index (χ2v) is 7.47. The first-order valence-corrected chi connectivity index (χ1v) is 9.12. The molecule has 0 heterocycles. The second kappa shape index (κ2) is 6.56. The van der Waals surface area contributed by atoms with E-state index in [-0.39, 0.29) is 23.9 Å². The van der Waals surface area contributed by atoms with Crippen LogP contribution in [-0.4, -0.2) is 37.7 Å². The third-order valence-electron chi connectivity index (χ3n) is 3.16. The lowest BCUT2D eigenvalue weighted by Crippen LogP contribution is -2.43. The molecule has 1 saturated carbocycles. The van der Waals surface area contributed by atoms with Crippen LogP contribution in [0.4, 0.5) is 4.79 Å². The summed E-state index contributed by atoms with van der Waals surface area (Å²) >= 11 is 0. The van der Waals surface area contributed by atoms with Gasteiger partial charge in [-0.1, -0.05) is 12.1 Å². The first-order valence-electron chi connectivity index (χ1n) is 7.30. The molecular weight excluding hydrogens is 304 g/mol. The molecule has 0 atom stereocenters. The van der Waals surface area contributed by atoms with Gasteiger partial charge in [0.1, 0.15) is 5.75 Å². The van der Waals surface area contributed by atoms with Crippen molar-refractivity contribution in [2.45, 2.75) is 45.3 Å². The van der Waals surface area contributed by atoms with Gasteiger partial charge in [-0.05, 0) is 44.4 Å². The van der Waals surface area contributed by atoms with Crippen LogP contribution in [0.15, 0.2) is 24.3 Å². The van der Waals surface area contributed by atoms with Gasteiger partial charge in [0.05, 0.1) is 6.26 Å². The van der Waals surface area contributed by atoms with Crippen LogP contribution < -0.4 is 9.50 Å². The zero-order valence-corrected chi connectivity index (χ0v) is 13.9. The Labute approximate surface area is 131 Å². The molecular formula is C15H22N2O4S. The lowest BCUT2D eigenvalue weighted by Gasteiger charge is -2.24. The molecule has 0 radical (unpaired) electrons. The standard InChI is InChI=1S/C15H22N2O4S/c1-11(2)16-15(18)17(13-7-8-13)10-12-5-4-6-14(9-12)21-22(3,19)20/h4-6,9,11,13H,7-8,10H2,1-3H3,(H,16,18). The Balaban J connectivity index is 2.10. The van der Waals surface area contributed by atoms with E-state index < -0.39 is 10.1 Å². The summed E-state index contributed by atoms with van der Waals surface area (Å²) in [5.41, 5.74) is 0.840.